The maximum Gasteiger partial charge on any atom is 0.252 e. The second kappa shape index (κ2) is 29.5. The van der Waals surface area contributed by atoms with Crippen molar-refractivity contribution in [1.29, 1.82) is 0 Å². The van der Waals surface area contributed by atoms with Crippen LogP contribution in [0.5, 0.6) is 11.5 Å². The molecule has 20 nitrogen and oxygen atoms in total. The number of imidazole rings is 1. The smallest absolute Gasteiger partial charge is 0.252 e. The number of likely N-dealkylation sites (tertiary alicyclic amines) is 1. The second-order valence-electron chi connectivity index (χ2n) is 22.1. The highest BCUT2D eigenvalue weighted by Gasteiger charge is 2.44. The van der Waals surface area contributed by atoms with E-state index in [9.17, 15) is 29.1 Å². The van der Waals surface area contributed by atoms with Crippen molar-refractivity contribution < 1.29 is 57.5 Å². The molecule has 1 saturated heterocycles. The summed E-state index contributed by atoms with van der Waals surface area (Å²) in [7, 11) is 1.57. The number of hydrogen-bond acceptors (Lipinski definition) is 15. The molecule has 0 unspecified atom stereocenters. The number of carbonyl (C=O) groups is 5. The lowest BCUT2D eigenvalue weighted by atomic mass is 9.85. The number of nitrogens with zero attached hydrogens (tertiary/aromatic N) is 4. The number of aryl methyl sites for hydroxylation is 4. The molecule has 21 heteroatoms. The number of aliphatic hydroxyl groups is 1. The summed E-state index contributed by atoms with van der Waals surface area (Å²) < 4.78 is 36.3. The monoisotopic (exact) mass is 1150 g/mol. The van der Waals surface area contributed by atoms with Gasteiger partial charge >= 0.3 is 0 Å². The number of hydrogen-bond donors (Lipinski definition) is 5. The van der Waals surface area contributed by atoms with Crippen LogP contribution in [0.15, 0.2) is 66.3 Å². The molecule has 8 rings (SSSR count). The van der Waals surface area contributed by atoms with E-state index in [4.69, 9.17) is 33.4 Å². The van der Waals surface area contributed by atoms with Gasteiger partial charge in [-0.15, -0.1) is 11.3 Å². The summed E-state index contributed by atoms with van der Waals surface area (Å²) in [4.78, 5) is 78.3. The number of fused-ring (bicyclic) bond motifs is 2. The van der Waals surface area contributed by atoms with Crippen molar-refractivity contribution in [3.05, 3.63) is 106 Å². The van der Waals surface area contributed by atoms with E-state index in [2.05, 4.69) is 55.2 Å². The first-order chi connectivity index (χ1) is 39.6. The van der Waals surface area contributed by atoms with Crippen molar-refractivity contribution in [1.82, 2.24) is 40.7 Å². The van der Waals surface area contributed by atoms with Gasteiger partial charge in [-0.1, -0.05) is 57.2 Å². The molecule has 4 atom stereocenters. The minimum atomic E-state index is -0.942. The largest absolute Gasteiger partial charge is 0.496 e. The number of aromatic nitrogens is 3. The zero-order valence-corrected chi connectivity index (χ0v) is 49.0. The van der Waals surface area contributed by atoms with Crippen LogP contribution in [0.1, 0.15) is 109 Å². The Morgan fingerprint density at radius 3 is 2.17 bits per heavy atom. The van der Waals surface area contributed by atoms with Crippen LogP contribution in [0, 0.1) is 19.3 Å². The minimum absolute atomic E-state index is 0.0109. The van der Waals surface area contributed by atoms with E-state index in [0.29, 0.717) is 63.1 Å². The lowest BCUT2D eigenvalue weighted by molar-refractivity contribution is -0.144. The lowest BCUT2D eigenvalue weighted by Crippen LogP contribution is -2.57. The van der Waals surface area contributed by atoms with Gasteiger partial charge in [0.15, 0.2) is 0 Å². The van der Waals surface area contributed by atoms with Crippen LogP contribution in [-0.4, -0.2) is 152 Å². The fourth-order valence-corrected chi connectivity index (χ4v) is 11.2. The molecule has 5 aromatic rings. The Labute approximate surface area is 484 Å². The predicted octanol–water partition coefficient (Wildman–Crippen LogP) is 6.20. The van der Waals surface area contributed by atoms with Gasteiger partial charge in [0.1, 0.15) is 29.4 Å². The minimum Gasteiger partial charge on any atom is -0.496 e. The van der Waals surface area contributed by atoms with Gasteiger partial charge in [0.05, 0.1) is 100 Å². The third-order valence-corrected chi connectivity index (χ3v) is 15.9. The average molecular weight is 1150 g/mol. The van der Waals surface area contributed by atoms with Crippen molar-refractivity contribution in [2.45, 2.75) is 123 Å². The number of amides is 5. The number of carbonyl (C=O) groups excluding carboxylic acids is 5. The number of benzene rings is 3. The summed E-state index contributed by atoms with van der Waals surface area (Å²) in [6.45, 7) is 13.6. The van der Waals surface area contributed by atoms with Crippen molar-refractivity contribution in [2.24, 2.45) is 5.41 Å². The zero-order valence-electron chi connectivity index (χ0n) is 48.1. The van der Waals surface area contributed by atoms with Gasteiger partial charge in [-0.25, -0.2) is 9.97 Å². The Kier molecular flexibility index (Phi) is 22.0. The molecule has 2 aromatic heterocycles. The van der Waals surface area contributed by atoms with Crippen LogP contribution in [0.3, 0.4) is 0 Å². The second-order valence-corrected chi connectivity index (χ2v) is 22.9. The highest BCUT2D eigenvalue weighted by Crippen LogP contribution is 2.37. The van der Waals surface area contributed by atoms with Crippen LogP contribution in [0.25, 0.3) is 21.7 Å². The topological polar surface area (TPSA) is 243 Å². The molecule has 0 spiro atoms. The molecule has 0 bridgehead atoms. The molecule has 0 radical (unpaired) electrons. The standard InChI is InChI=1S/C61H80N8O12S/c1-39-51(76-6)32-45(58(73)66-48-17-16-42-14-15-44(31-47(42)48)49-37-68-21-7-9-53(68)65-49)33-52(39)81-22-8-20-62-54(71)18-23-77-25-27-79-29-30-80-28-26-78-24-19-55(72)67-57(61(3,4)5)60(75)69-36-46(70)34-50(69)59(74)63-35-41-10-12-43(13-11-41)56-40(2)64-38-82-56/h10-15,31-33,37-38,46,48,50,57,70H,7-9,16-30,34-36H2,1-6H3,(H,62,71)(H,63,74)(H,66,73)(H,67,72)/t46-,48-,50+,57-/m1/s1. The molecule has 5 amide bonds. The first kappa shape index (κ1) is 61.3. The number of β-amino-alcohol motifs (C(OH)–C–C–N with tert-alkyl or cyclic N) is 1. The number of ether oxygens (including phenoxy) is 6. The van der Waals surface area contributed by atoms with Crippen LogP contribution in [0.2, 0.25) is 0 Å². The molecular formula is C61H80N8O12S. The maximum atomic E-state index is 14.0. The summed E-state index contributed by atoms with van der Waals surface area (Å²) in [6.07, 6.45) is 5.95. The quantitative estimate of drug-likeness (QED) is 0.0322. The molecule has 1 aliphatic carbocycles. The van der Waals surface area contributed by atoms with Crippen LogP contribution < -0.4 is 30.7 Å². The summed E-state index contributed by atoms with van der Waals surface area (Å²) in [5, 5.41) is 22.5. The Bertz CT molecular complexity index is 2950. The number of methoxy groups -OCH3 is 1. The number of nitrogens with one attached hydrogen (secondary N) is 4. The van der Waals surface area contributed by atoms with E-state index >= 15 is 0 Å². The van der Waals surface area contributed by atoms with E-state index in [-0.39, 0.29) is 88.5 Å². The Balaban J connectivity index is 0.631. The number of aliphatic hydroxyl groups excluding tert-OH is 1. The van der Waals surface area contributed by atoms with Crippen molar-refractivity contribution in [3.8, 4) is 33.2 Å². The SMILES string of the molecule is COc1cc(C(=O)N[C@@H]2CCc3ccc(-c4cn5c(n4)CCC5)cc32)cc(OCCCNC(=O)CCOCCOCCOCCOCCC(=O)N[C@H](C(=O)N2C[C@H](O)C[C@H]2C(=O)NCc2ccc(-c3scnc3C)cc2)C(C)(C)C)c1C. The molecule has 0 saturated carbocycles. The molecule has 1 fully saturated rings. The molecule has 4 heterocycles. The van der Waals surface area contributed by atoms with Crippen LogP contribution in [0.4, 0.5) is 0 Å². The van der Waals surface area contributed by atoms with E-state index in [1.807, 2.05) is 64.4 Å². The van der Waals surface area contributed by atoms with E-state index in [0.717, 1.165) is 82.1 Å². The summed E-state index contributed by atoms with van der Waals surface area (Å²) >= 11 is 1.57. The molecule has 3 aromatic carbocycles. The molecule has 5 N–H and O–H groups in total. The third-order valence-electron chi connectivity index (χ3n) is 15.0. The molecule has 3 aliphatic rings. The van der Waals surface area contributed by atoms with Gasteiger partial charge in [-0.05, 0) is 85.4 Å². The highest BCUT2D eigenvalue weighted by molar-refractivity contribution is 7.13. The lowest BCUT2D eigenvalue weighted by Gasteiger charge is -2.35. The van der Waals surface area contributed by atoms with Gasteiger partial charge in [-0.2, -0.15) is 0 Å². The number of rotatable bonds is 30. The van der Waals surface area contributed by atoms with Gasteiger partial charge in [0, 0.05) is 74.7 Å². The fraction of sp³-hybridized carbons (Fsp3) is 0.525. The van der Waals surface area contributed by atoms with Crippen molar-refractivity contribution in [2.75, 3.05) is 79.7 Å². The molecule has 2 aliphatic heterocycles. The van der Waals surface area contributed by atoms with Gasteiger partial charge in [-0.3, -0.25) is 24.0 Å². The van der Waals surface area contributed by atoms with E-state index in [1.165, 1.54) is 10.5 Å². The fourth-order valence-electron chi connectivity index (χ4n) is 10.4. The van der Waals surface area contributed by atoms with Crippen molar-refractivity contribution >= 4 is 40.9 Å². The summed E-state index contributed by atoms with van der Waals surface area (Å²) in [5.41, 5.74) is 9.64. The zero-order chi connectivity index (χ0) is 58.2. The Morgan fingerprint density at radius 2 is 1.50 bits per heavy atom. The van der Waals surface area contributed by atoms with Gasteiger partial charge < -0.3 is 64.3 Å². The molecule has 442 valence electrons. The predicted molar refractivity (Wildman–Crippen MR) is 310 cm³/mol. The van der Waals surface area contributed by atoms with Crippen molar-refractivity contribution in [3.63, 3.8) is 0 Å². The summed E-state index contributed by atoms with van der Waals surface area (Å²) in [6, 6.07) is 15.9. The van der Waals surface area contributed by atoms with E-state index in [1.54, 1.807) is 30.6 Å². The third kappa shape index (κ3) is 16.7. The normalized spacial score (nSPS) is 16.8. The molecule has 82 heavy (non-hydrogen) atoms. The number of thiazole rings is 1. The van der Waals surface area contributed by atoms with Gasteiger partial charge in [0.25, 0.3) is 5.91 Å². The first-order valence-electron chi connectivity index (χ1n) is 28.5. The Morgan fingerprint density at radius 1 is 0.817 bits per heavy atom. The van der Waals surface area contributed by atoms with Crippen LogP contribution >= 0.6 is 11.3 Å². The first-order valence-corrected chi connectivity index (χ1v) is 29.4. The maximum absolute atomic E-state index is 14.0. The summed E-state index contributed by atoms with van der Waals surface area (Å²) in [5.74, 6) is 0.704. The average Bonchev–Trinajstić information content (AvgIpc) is 4.37. The Hall–Kier alpha value is -6.75. The van der Waals surface area contributed by atoms with E-state index < -0.39 is 29.5 Å². The van der Waals surface area contributed by atoms with Gasteiger partial charge in [0.2, 0.25) is 23.6 Å². The highest BCUT2D eigenvalue weighted by atomic mass is 32.1. The van der Waals surface area contributed by atoms with Crippen LogP contribution in [-0.2, 0) is 64.1 Å². The molecular weight excluding hydrogens is 1070 g/mol.